The first-order valence-corrected chi connectivity index (χ1v) is 6.21. The van der Waals surface area contributed by atoms with E-state index in [9.17, 15) is 14.9 Å². The molecule has 2 aromatic rings. The van der Waals surface area contributed by atoms with Crippen LogP contribution in [0.3, 0.4) is 0 Å². The Kier molecular flexibility index (Phi) is 3.65. The molecule has 6 nitrogen and oxygen atoms in total. The maximum absolute atomic E-state index is 12.5. The van der Waals surface area contributed by atoms with Gasteiger partial charge in [0.05, 0.1) is 17.4 Å². The van der Waals surface area contributed by atoms with Gasteiger partial charge in [0.15, 0.2) is 5.78 Å². The van der Waals surface area contributed by atoms with Crippen molar-refractivity contribution in [2.24, 2.45) is 0 Å². The molecule has 0 bridgehead atoms. The van der Waals surface area contributed by atoms with Gasteiger partial charge in [-0.05, 0) is 37.3 Å². The lowest BCUT2D eigenvalue weighted by molar-refractivity contribution is -0.389. The van der Waals surface area contributed by atoms with E-state index in [1.54, 1.807) is 6.92 Å². The highest BCUT2D eigenvalue weighted by Gasteiger charge is 2.23. The molecule has 1 atom stereocenters. The lowest BCUT2D eigenvalue weighted by Crippen LogP contribution is -2.18. The summed E-state index contributed by atoms with van der Waals surface area (Å²) in [6.45, 7) is 5.46. The van der Waals surface area contributed by atoms with E-state index in [2.05, 4.69) is 5.10 Å². The largest absolute Gasteiger partial charge is 0.389 e. The highest BCUT2D eigenvalue weighted by molar-refractivity contribution is 6.00. The Morgan fingerprint density at radius 3 is 2.65 bits per heavy atom. The zero-order valence-corrected chi connectivity index (χ0v) is 11.5. The number of hydrogen-bond donors (Lipinski definition) is 0. The van der Waals surface area contributed by atoms with Crippen LogP contribution in [-0.2, 0) is 0 Å². The molecular weight excluding hydrogens is 258 g/mol. The second kappa shape index (κ2) is 5.24. The minimum absolute atomic E-state index is 0.107. The molecule has 1 unspecified atom stereocenters. The van der Waals surface area contributed by atoms with Crippen LogP contribution >= 0.6 is 0 Å². The highest BCUT2D eigenvalue weighted by atomic mass is 16.6. The number of Topliss-reactive ketones (excluding diaryl/α,β-unsaturated/α-hetero) is 1. The van der Waals surface area contributed by atoms with Crippen LogP contribution in [0, 0.1) is 24.0 Å². The monoisotopic (exact) mass is 273 g/mol. The molecule has 0 spiro atoms. The van der Waals surface area contributed by atoms with E-state index < -0.39 is 11.0 Å². The Bertz CT molecular complexity index is 676. The van der Waals surface area contributed by atoms with Crippen LogP contribution in [0.15, 0.2) is 30.5 Å². The maximum Gasteiger partial charge on any atom is 0.389 e. The molecule has 0 aliphatic heterocycles. The summed E-state index contributed by atoms with van der Waals surface area (Å²) in [5.74, 6) is -0.366. The van der Waals surface area contributed by atoms with E-state index in [1.807, 2.05) is 32.0 Å². The number of carbonyl (C=O) groups excluding carboxylic acids is 1. The fraction of sp³-hybridized carbons (Fsp3) is 0.286. The molecule has 0 aliphatic rings. The summed E-state index contributed by atoms with van der Waals surface area (Å²) >= 11 is 0. The predicted octanol–water partition coefficient (Wildman–Crippen LogP) is 2.85. The number of ketones is 1. The minimum Gasteiger partial charge on any atom is -0.358 e. The maximum atomic E-state index is 12.5. The number of rotatable bonds is 4. The summed E-state index contributed by atoms with van der Waals surface area (Å²) < 4.78 is 1.32. The van der Waals surface area contributed by atoms with Crippen molar-refractivity contribution in [2.75, 3.05) is 0 Å². The van der Waals surface area contributed by atoms with Crippen LogP contribution in [0.4, 0.5) is 5.82 Å². The van der Waals surface area contributed by atoms with Gasteiger partial charge in [-0.15, -0.1) is 0 Å². The van der Waals surface area contributed by atoms with Crippen LogP contribution in [-0.4, -0.2) is 20.5 Å². The van der Waals surface area contributed by atoms with Crippen LogP contribution in [0.5, 0.6) is 0 Å². The summed E-state index contributed by atoms with van der Waals surface area (Å²) in [6, 6.07) is 6.36. The third-order valence-corrected chi connectivity index (χ3v) is 3.22. The number of hydrogen-bond acceptors (Lipinski definition) is 4. The topological polar surface area (TPSA) is 78.0 Å². The fourth-order valence-corrected chi connectivity index (χ4v) is 1.99. The van der Waals surface area contributed by atoms with Crippen molar-refractivity contribution in [2.45, 2.75) is 26.8 Å². The SMILES string of the molecule is Cc1ccc(C)c(C(=O)C(C)n2ccc([N+](=O)[O-])n2)c1. The average Bonchev–Trinajstić information content (AvgIpc) is 2.89. The molecule has 1 aromatic heterocycles. The van der Waals surface area contributed by atoms with Crippen molar-refractivity contribution < 1.29 is 9.72 Å². The Morgan fingerprint density at radius 2 is 2.05 bits per heavy atom. The second-order valence-corrected chi connectivity index (χ2v) is 4.77. The zero-order chi connectivity index (χ0) is 14.9. The summed E-state index contributed by atoms with van der Waals surface area (Å²) in [5, 5.41) is 14.4. The molecule has 1 aromatic carbocycles. The first-order valence-electron chi connectivity index (χ1n) is 6.21. The second-order valence-electron chi connectivity index (χ2n) is 4.77. The van der Waals surface area contributed by atoms with Gasteiger partial charge in [0, 0.05) is 5.56 Å². The van der Waals surface area contributed by atoms with E-state index >= 15 is 0 Å². The number of carbonyl (C=O) groups is 1. The Hall–Kier alpha value is -2.50. The quantitative estimate of drug-likeness (QED) is 0.487. The van der Waals surface area contributed by atoms with Gasteiger partial charge in [0.2, 0.25) is 0 Å². The predicted molar refractivity (Wildman–Crippen MR) is 73.8 cm³/mol. The highest BCUT2D eigenvalue weighted by Crippen LogP contribution is 2.19. The van der Waals surface area contributed by atoms with Crippen LogP contribution in [0.2, 0.25) is 0 Å². The standard InChI is InChI=1S/C14H15N3O3/c1-9-4-5-10(2)12(8-9)14(18)11(3)16-7-6-13(15-16)17(19)20/h4-8,11H,1-3H3. The molecular formula is C14H15N3O3. The van der Waals surface area contributed by atoms with Gasteiger partial charge in [-0.3, -0.25) is 4.79 Å². The Labute approximate surface area is 116 Å². The lowest BCUT2D eigenvalue weighted by Gasteiger charge is -2.11. The van der Waals surface area contributed by atoms with Gasteiger partial charge in [-0.25, -0.2) is 0 Å². The summed E-state index contributed by atoms with van der Waals surface area (Å²) in [5.41, 5.74) is 2.50. The number of benzene rings is 1. The molecule has 0 N–H and O–H groups in total. The van der Waals surface area contributed by atoms with Gasteiger partial charge in [-0.1, -0.05) is 17.7 Å². The van der Waals surface area contributed by atoms with Gasteiger partial charge >= 0.3 is 5.82 Å². The van der Waals surface area contributed by atoms with E-state index in [4.69, 9.17) is 0 Å². The van der Waals surface area contributed by atoms with Crippen molar-refractivity contribution in [1.29, 1.82) is 0 Å². The Morgan fingerprint density at radius 1 is 1.35 bits per heavy atom. The molecule has 6 heteroatoms. The first kappa shape index (κ1) is 13.9. The van der Waals surface area contributed by atoms with Crippen LogP contribution < -0.4 is 0 Å². The molecule has 2 rings (SSSR count). The molecule has 20 heavy (non-hydrogen) atoms. The average molecular weight is 273 g/mol. The van der Waals surface area contributed by atoms with Crippen molar-refractivity contribution >= 4 is 11.6 Å². The third-order valence-electron chi connectivity index (χ3n) is 3.22. The van der Waals surface area contributed by atoms with Gasteiger partial charge in [0.1, 0.15) is 6.04 Å². The zero-order valence-electron chi connectivity index (χ0n) is 11.5. The Balaban J connectivity index is 2.32. The molecule has 104 valence electrons. The van der Waals surface area contributed by atoms with Gasteiger partial charge in [-0.2, -0.15) is 4.68 Å². The molecule has 0 fully saturated rings. The van der Waals surface area contributed by atoms with E-state index in [1.165, 1.54) is 16.9 Å². The van der Waals surface area contributed by atoms with Gasteiger partial charge < -0.3 is 10.1 Å². The molecule has 0 saturated heterocycles. The normalized spacial score (nSPS) is 12.2. The molecule has 1 heterocycles. The molecule has 0 radical (unpaired) electrons. The van der Waals surface area contributed by atoms with Crippen molar-refractivity contribution in [3.05, 3.63) is 57.3 Å². The number of nitro groups is 1. The number of aromatic nitrogens is 2. The number of aryl methyl sites for hydroxylation is 2. The fourth-order valence-electron chi connectivity index (χ4n) is 1.99. The van der Waals surface area contributed by atoms with Crippen LogP contribution in [0.1, 0.15) is 34.5 Å². The van der Waals surface area contributed by atoms with Crippen LogP contribution in [0.25, 0.3) is 0 Å². The van der Waals surface area contributed by atoms with Crippen molar-refractivity contribution in [3.8, 4) is 0 Å². The van der Waals surface area contributed by atoms with E-state index in [0.717, 1.165) is 11.1 Å². The van der Waals surface area contributed by atoms with Crippen molar-refractivity contribution in [1.82, 2.24) is 9.78 Å². The molecule has 0 aliphatic carbocycles. The van der Waals surface area contributed by atoms with E-state index in [-0.39, 0.29) is 11.6 Å². The minimum atomic E-state index is -0.579. The number of nitrogens with zero attached hydrogens (tertiary/aromatic N) is 3. The smallest absolute Gasteiger partial charge is 0.358 e. The third kappa shape index (κ3) is 2.59. The van der Waals surface area contributed by atoms with Crippen molar-refractivity contribution in [3.63, 3.8) is 0 Å². The molecule has 0 amide bonds. The molecule has 0 saturated carbocycles. The summed E-state index contributed by atoms with van der Waals surface area (Å²) in [7, 11) is 0. The van der Waals surface area contributed by atoms with E-state index in [0.29, 0.717) is 5.56 Å². The lowest BCUT2D eigenvalue weighted by atomic mass is 9.98. The summed E-state index contributed by atoms with van der Waals surface area (Å²) in [4.78, 5) is 22.5. The first-order chi connectivity index (χ1) is 9.40. The van der Waals surface area contributed by atoms with Gasteiger partial charge in [0.25, 0.3) is 0 Å². The summed E-state index contributed by atoms with van der Waals surface area (Å²) in [6.07, 6.45) is 1.45.